The lowest BCUT2D eigenvalue weighted by atomic mass is 9.81. The second-order valence-electron chi connectivity index (χ2n) is 7.46. The number of esters is 1. The highest BCUT2D eigenvalue weighted by Crippen LogP contribution is 2.50. The maximum absolute atomic E-state index is 12.4. The SMILES string of the molecule is COC(=O)C12CCCC1CN(c1nc(C(C)C)nc(N(C)C)n1)C2. The molecule has 0 radical (unpaired) electrons. The summed E-state index contributed by atoms with van der Waals surface area (Å²) in [6.45, 7) is 5.60. The number of nitrogens with zero attached hydrogens (tertiary/aromatic N) is 5. The van der Waals surface area contributed by atoms with Gasteiger partial charge in [0.1, 0.15) is 5.82 Å². The Labute approximate surface area is 143 Å². The van der Waals surface area contributed by atoms with Gasteiger partial charge >= 0.3 is 5.97 Å². The minimum atomic E-state index is -0.391. The number of hydrogen-bond donors (Lipinski definition) is 0. The van der Waals surface area contributed by atoms with Crippen molar-refractivity contribution in [2.75, 3.05) is 44.1 Å². The fraction of sp³-hybridized carbons (Fsp3) is 0.765. The number of carbonyl (C=O) groups is 1. The number of ether oxygens (including phenoxy) is 1. The maximum atomic E-state index is 12.4. The average Bonchev–Trinajstić information content (AvgIpc) is 3.11. The van der Waals surface area contributed by atoms with Crippen molar-refractivity contribution in [3.8, 4) is 0 Å². The third-order valence-corrected chi connectivity index (χ3v) is 5.29. The predicted octanol–water partition coefficient (Wildman–Crippen LogP) is 1.84. The number of aromatic nitrogens is 3. The molecule has 0 aromatic carbocycles. The van der Waals surface area contributed by atoms with Gasteiger partial charge in [-0.2, -0.15) is 15.0 Å². The standard InChI is InChI=1S/C17H27N5O2/c1-11(2)13-18-15(21(3)4)20-16(19-13)22-9-12-7-6-8-17(12,10-22)14(23)24-5/h11-12H,6-10H2,1-5H3. The van der Waals surface area contributed by atoms with Crippen LogP contribution in [0.3, 0.4) is 0 Å². The van der Waals surface area contributed by atoms with Crippen LogP contribution in [0.5, 0.6) is 0 Å². The highest BCUT2D eigenvalue weighted by Gasteiger charge is 2.56. The van der Waals surface area contributed by atoms with Gasteiger partial charge in [-0.3, -0.25) is 4.79 Å². The summed E-state index contributed by atoms with van der Waals surface area (Å²) in [6, 6.07) is 0. The number of carbonyl (C=O) groups excluding carboxylic acids is 1. The van der Waals surface area contributed by atoms with Crippen LogP contribution in [0.15, 0.2) is 0 Å². The number of fused-ring (bicyclic) bond motifs is 1. The normalized spacial score (nSPS) is 25.9. The van der Waals surface area contributed by atoms with Crippen LogP contribution in [-0.4, -0.2) is 55.2 Å². The molecule has 2 aliphatic rings. The Morgan fingerprint density at radius 3 is 2.71 bits per heavy atom. The Bertz CT molecular complexity index is 607. The molecule has 2 heterocycles. The first-order valence-electron chi connectivity index (χ1n) is 8.64. The molecule has 2 fully saturated rings. The van der Waals surface area contributed by atoms with Crippen molar-refractivity contribution in [3.05, 3.63) is 5.82 Å². The largest absolute Gasteiger partial charge is 0.469 e. The van der Waals surface area contributed by atoms with E-state index in [9.17, 15) is 4.79 Å². The summed E-state index contributed by atoms with van der Waals surface area (Å²) in [5.74, 6) is 2.59. The van der Waals surface area contributed by atoms with Crippen molar-refractivity contribution in [1.82, 2.24) is 15.0 Å². The number of rotatable bonds is 4. The molecule has 1 aliphatic carbocycles. The molecular weight excluding hydrogens is 306 g/mol. The van der Waals surface area contributed by atoms with Gasteiger partial charge in [-0.1, -0.05) is 20.3 Å². The van der Waals surface area contributed by atoms with Crippen LogP contribution in [0, 0.1) is 11.3 Å². The van der Waals surface area contributed by atoms with Crippen LogP contribution in [0.2, 0.25) is 0 Å². The Morgan fingerprint density at radius 1 is 1.33 bits per heavy atom. The molecule has 7 heteroatoms. The summed E-state index contributed by atoms with van der Waals surface area (Å²) in [7, 11) is 5.34. The van der Waals surface area contributed by atoms with Crippen molar-refractivity contribution in [3.63, 3.8) is 0 Å². The quantitative estimate of drug-likeness (QED) is 0.779. The Morgan fingerprint density at radius 2 is 2.08 bits per heavy atom. The molecule has 0 amide bonds. The lowest BCUT2D eigenvalue weighted by molar-refractivity contribution is -0.152. The topological polar surface area (TPSA) is 71.5 Å². The van der Waals surface area contributed by atoms with Gasteiger partial charge in [0, 0.05) is 33.1 Å². The molecule has 1 aromatic heterocycles. The van der Waals surface area contributed by atoms with Gasteiger partial charge in [-0.15, -0.1) is 0 Å². The first-order valence-corrected chi connectivity index (χ1v) is 8.64. The molecule has 24 heavy (non-hydrogen) atoms. The van der Waals surface area contributed by atoms with E-state index < -0.39 is 5.41 Å². The molecule has 132 valence electrons. The van der Waals surface area contributed by atoms with E-state index in [-0.39, 0.29) is 11.9 Å². The highest BCUT2D eigenvalue weighted by molar-refractivity contribution is 5.79. The zero-order valence-electron chi connectivity index (χ0n) is 15.2. The van der Waals surface area contributed by atoms with E-state index >= 15 is 0 Å². The summed E-state index contributed by atoms with van der Waals surface area (Å²) >= 11 is 0. The van der Waals surface area contributed by atoms with Crippen LogP contribution in [0.1, 0.15) is 44.9 Å². The van der Waals surface area contributed by atoms with Crippen molar-refractivity contribution in [1.29, 1.82) is 0 Å². The van der Waals surface area contributed by atoms with Crippen LogP contribution in [0.25, 0.3) is 0 Å². The molecular formula is C17H27N5O2. The molecule has 3 rings (SSSR count). The second-order valence-corrected chi connectivity index (χ2v) is 7.46. The zero-order valence-corrected chi connectivity index (χ0v) is 15.2. The minimum absolute atomic E-state index is 0.0847. The molecule has 0 bridgehead atoms. The van der Waals surface area contributed by atoms with Gasteiger partial charge < -0.3 is 14.5 Å². The molecule has 1 aromatic rings. The molecule has 2 unspecified atom stereocenters. The fourth-order valence-corrected chi connectivity index (χ4v) is 3.95. The second kappa shape index (κ2) is 6.18. The highest BCUT2D eigenvalue weighted by atomic mass is 16.5. The van der Waals surface area contributed by atoms with Gasteiger partial charge in [-0.25, -0.2) is 0 Å². The van der Waals surface area contributed by atoms with E-state index in [2.05, 4.69) is 33.7 Å². The van der Waals surface area contributed by atoms with E-state index in [0.717, 1.165) is 31.6 Å². The minimum Gasteiger partial charge on any atom is -0.469 e. The first kappa shape index (κ1) is 16.9. The van der Waals surface area contributed by atoms with Crippen molar-refractivity contribution in [2.24, 2.45) is 11.3 Å². The fourth-order valence-electron chi connectivity index (χ4n) is 3.95. The predicted molar refractivity (Wildman–Crippen MR) is 92.2 cm³/mol. The van der Waals surface area contributed by atoms with Gasteiger partial charge in [0.15, 0.2) is 0 Å². The molecule has 2 atom stereocenters. The van der Waals surface area contributed by atoms with Crippen LogP contribution in [-0.2, 0) is 9.53 Å². The summed E-state index contributed by atoms with van der Waals surface area (Å²) < 4.78 is 5.12. The number of methoxy groups -OCH3 is 1. The van der Waals surface area contributed by atoms with E-state index in [1.807, 2.05) is 19.0 Å². The summed E-state index contributed by atoms with van der Waals surface area (Å²) in [4.78, 5) is 30.3. The number of hydrogen-bond acceptors (Lipinski definition) is 7. The molecule has 0 spiro atoms. The third-order valence-electron chi connectivity index (χ3n) is 5.29. The van der Waals surface area contributed by atoms with Crippen LogP contribution in [0.4, 0.5) is 11.9 Å². The molecule has 7 nitrogen and oxygen atoms in total. The maximum Gasteiger partial charge on any atom is 0.313 e. The lowest BCUT2D eigenvalue weighted by Gasteiger charge is -2.25. The van der Waals surface area contributed by atoms with E-state index in [1.165, 1.54) is 7.11 Å². The number of anilines is 2. The summed E-state index contributed by atoms with van der Waals surface area (Å²) in [5.41, 5.74) is -0.391. The summed E-state index contributed by atoms with van der Waals surface area (Å²) in [6.07, 6.45) is 3.04. The van der Waals surface area contributed by atoms with Crippen LogP contribution < -0.4 is 9.80 Å². The van der Waals surface area contributed by atoms with Crippen LogP contribution >= 0.6 is 0 Å². The smallest absolute Gasteiger partial charge is 0.313 e. The van der Waals surface area contributed by atoms with Gasteiger partial charge in [0.2, 0.25) is 11.9 Å². The van der Waals surface area contributed by atoms with E-state index in [1.54, 1.807) is 0 Å². The van der Waals surface area contributed by atoms with E-state index in [0.29, 0.717) is 24.4 Å². The molecule has 1 aliphatic heterocycles. The Kier molecular flexibility index (Phi) is 4.36. The van der Waals surface area contributed by atoms with Crippen molar-refractivity contribution in [2.45, 2.75) is 39.0 Å². The molecule has 0 N–H and O–H groups in total. The molecule has 1 saturated heterocycles. The third kappa shape index (κ3) is 2.70. The van der Waals surface area contributed by atoms with Gasteiger partial charge in [-0.05, 0) is 18.8 Å². The average molecular weight is 333 g/mol. The molecule has 1 saturated carbocycles. The Hall–Kier alpha value is -1.92. The van der Waals surface area contributed by atoms with Crippen molar-refractivity contribution < 1.29 is 9.53 Å². The van der Waals surface area contributed by atoms with Gasteiger partial charge in [0.05, 0.1) is 12.5 Å². The Balaban J connectivity index is 1.94. The lowest BCUT2D eigenvalue weighted by Crippen LogP contribution is -2.37. The van der Waals surface area contributed by atoms with Gasteiger partial charge in [0.25, 0.3) is 0 Å². The van der Waals surface area contributed by atoms with Crippen molar-refractivity contribution >= 4 is 17.9 Å². The first-order chi connectivity index (χ1) is 11.4. The van der Waals surface area contributed by atoms with E-state index in [4.69, 9.17) is 4.74 Å². The summed E-state index contributed by atoms with van der Waals surface area (Å²) in [5, 5.41) is 0. The monoisotopic (exact) mass is 333 g/mol. The zero-order chi connectivity index (χ0) is 17.5.